The molecule has 0 heterocycles. The van der Waals surface area contributed by atoms with Crippen molar-refractivity contribution in [3.05, 3.63) is 24.3 Å². The van der Waals surface area contributed by atoms with Gasteiger partial charge in [0.1, 0.15) is 0 Å². The van der Waals surface area contributed by atoms with Crippen molar-refractivity contribution in [2.45, 2.75) is 52.9 Å². The zero-order valence-electron chi connectivity index (χ0n) is 9.42. The molecule has 0 radical (unpaired) electrons. The summed E-state index contributed by atoms with van der Waals surface area (Å²) in [6, 6.07) is 0. The third-order valence-corrected chi connectivity index (χ3v) is 1.99. The standard InChI is InChI=1S/C13H24/c1-4-5-6-7-8-9-10-11-12-13(2)3/h5-6,8-9,13H,4,7,10-12H2,1-3H3/b6-5-,9-8-. The number of rotatable bonds is 7. The Kier molecular flexibility index (Phi) is 9.18. The molecule has 0 bridgehead atoms. The van der Waals surface area contributed by atoms with Gasteiger partial charge in [-0.3, -0.25) is 0 Å². The van der Waals surface area contributed by atoms with E-state index < -0.39 is 0 Å². The smallest absolute Gasteiger partial charge is 0.0169 e. The van der Waals surface area contributed by atoms with E-state index in [2.05, 4.69) is 45.1 Å². The van der Waals surface area contributed by atoms with E-state index in [1.54, 1.807) is 0 Å². The Bertz CT molecular complexity index is 140. The molecule has 0 rings (SSSR count). The molecule has 0 nitrogen and oxygen atoms in total. The molecule has 0 aromatic heterocycles. The van der Waals surface area contributed by atoms with Crippen LogP contribution in [0.5, 0.6) is 0 Å². The van der Waals surface area contributed by atoms with Gasteiger partial charge in [0.25, 0.3) is 0 Å². The molecule has 0 saturated carbocycles. The van der Waals surface area contributed by atoms with Gasteiger partial charge in [-0.1, -0.05) is 51.5 Å². The van der Waals surface area contributed by atoms with Crippen molar-refractivity contribution < 1.29 is 0 Å². The summed E-state index contributed by atoms with van der Waals surface area (Å²) in [6.45, 7) is 6.74. The van der Waals surface area contributed by atoms with E-state index in [9.17, 15) is 0 Å². The van der Waals surface area contributed by atoms with Crippen molar-refractivity contribution in [1.29, 1.82) is 0 Å². The maximum Gasteiger partial charge on any atom is -0.0169 e. The number of unbranched alkanes of at least 4 members (excludes halogenated alkanes) is 1. The van der Waals surface area contributed by atoms with Crippen molar-refractivity contribution in [2.24, 2.45) is 5.92 Å². The minimum absolute atomic E-state index is 0.855. The highest BCUT2D eigenvalue weighted by atomic mass is 14.0. The number of allylic oxidation sites excluding steroid dienone is 4. The minimum atomic E-state index is 0.855. The quantitative estimate of drug-likeness (QED) is 0.392. The van der Waals surface area contributed by atoms with Gasteiger partial charge in [0.2, 0.25) is 0 Å². The molecule has 0 heteroatoms. The normalized spacial score (nSPS) is 12.3. The third-order valence-electron chi connectivity index (χ3n) is 1.99. The van der Waals surface area contributed by atoms with Crippen LogP contribution in [-0.4, -0.2) is 0 Å². The van der Waals surface area contributed by atoms with Gasteiger partial charge < -0.3 is 0 Å². The molecule has 0 unspecified atom stereocenters. The Hall–Kier alpha value is -0.520. The SMILES string of the molecule is CC/C=C\C/C=C\CCCC(C)C. The van der Waals surface area contributed by atoms with Crippen molar-refractivity contribution in [1.82, 2.24) is 0 Å². The molecular weight excluding hydrogens is 156 g/mol. The van der Waals surface area contributed by atoms with Crippen LogP contribution >= 0.6 is 0 Å². The lowest BCUT2D eigenvalue weighted by atomic mass is 10.1. The van der Waals surface area contributed by atoms with E-state index in [4.69, 9.17) is 0 Å². The van der Waals surface area contributed by atoms with Gasteiger partial charge in [-0.2, -0.15) is 0 Å². The van der Waals surface area contributed by atoms with E-state index >= 15 is 0 Å². The molecule has 0 atom stereocenters. The largest absolute Gasteiger partial charge is 0.0885 e. The molecule has 0 spiro atoms. The molecule has 0 N–H and O–H groups in total. The highest BCUT2D eigenvalue weighted by Crippen LogP contribution is 2.06. The van der Waals surface area contributed by atoms with Crippen LogP contribution in [0.4, 0.5) is 0 Å². The predicted molar refractivity (Wildman–Crippen MR) is 61.9 cm³/mol. The van der Waals surface area contributed by atoms with E-state index in [0.717, 1.165) is 18.8 Å². The third kappa shape index (κ3) is 11.5. The van der Waals surface area contributed by atoms with Crippen LogP contribution in [0, 0.1) is 5.92 Å². The Morgan fingerprint density at radius 1 is 1.00 bits per heavy atom. The summed E-state index contributed by atoms with van der Waals surface area (Å²) < 4.78 is 0. The topological polar surface area (TPSA) is 0 Å². The second-order valence-corrected chi connectivity index (χ2v) is 3.91. The monoisotopic (exact) mass is 180 g/mol. The Labute approximate surface area is 83.7 Å². The predicted octanol–water partition coefficient (Wildman–Crippen LogP) is 4.73. The van der Waals surface area contributed by atoms with Gasteiger partial charge in [0, 0.05) is 0 Å². The maximum atomic E-state index is 2.31. The second-order valence-electron chi connectivity index (χ2n) is 3.91. The van der Waals surface area contributed by atoms with Gasteiger partial charge in [-0.15, -0.1) is 0 Å². The first kappa shape index (κ1) is 12.5. The lowest BCUT2D eigenvalue weighted by molar-refractivity contribution is 0.559. The van der Waals surface area contributed by atoms with Crippen LogP contribution < -0.4 is 0 Å². The first-order chi connectivity index (χ1) is 6.27. The van der Waals surface area contributed by atoms with Crippen LogP contribution in [-0.2, 0) is 0 Å². The first-order valence-corrected chi connectivity index (χ1v) is 5.57. The number of hydrogen-bond donors (Lipinski definition) is 0. The van der Waals surface area contributed by atoms with E-state index in [0.29, 0.717) is 0 Å². The molecule has 0 aromatic rings. The molecule has 76 valence electrons. The van der Waals surface area contributed by atoms with Gasteiger partial charge in [-0.25, -0.2) is 0 Å². The molecule has 0 aliphatic heterocycles. The average molecular weight is 180 g/mol. The van der Waals surface area contributed by atoms with Crippen molar-refractivity contribution in [3.8, 4) is 0 Å². The summed E-state index contributed by atoms with van der Waals surface area (Å²) >= 11 is 0. The van der Waals surface area contributed by atoms with Gasteiger partial charge in [-0.05, 0) is 31.6 Å². The van der Waals surface area contributed by atoms with Crippen LogP contribution in [0.15, 0.2) is 24.3 Å². The van der Waals surface area contributed by atoms with Crippen molar-refractivity contribution >= 4 is 0 Å². The Morgan fingerprint density at radius 3 is 2.31 bits per heavy atom. The number of hydrogen-bond acceptors (Lipinski definition) is 0. The van der Waals surface area contributed by atoms with Gasteiger partial charge in [0.05, 0.1) is 0 Å². The highest BCUT2D eigenvalue weighted by Gasteiger charge is 1.90. The lowest BCUT2D eigenvalue weighted by Gasteiger charge is -2.00. The lowest BCUT2D eigenvalue weighted by Crippen LogP contribution is -1.84. The summed E-state index contributed by atoms with van der Waals surface area (Å²) in [4.78, 5) is 0. The summed E-state index contributed by atoms with van der Waals surface area (Å²) in [6.07, 6.45) is 15.2. The fourth-order valence-corrected chi connectivity index (χ4v) is 1.20. The summed E-state index contributed by atoms with van der Waals surface area (Å²) in [5.74, 6) is 0.855. The zero-order valence-corrected chi connectivity index (χ0v) is 9.42. The molecule has 0 aliphatic carbocycles. The zero-order chi connectivity index (χ0) is 9.94. The van der Waals surface area contributed by atoms with Crippen LogP contribution in [0.2, 0.25) is 0 Å². The Balaban J connectivity index is 3.17. The van der Waals surface area contributed by atoms with Crippen LogP contribution in [0.3, 0.4) is 0 Å². The van der Waals surface area contributed by atoms with Gasteiger partial charge in [0.15, 0.2) is 0 Å². The average Bonchev–Trinajstić information content (AvgIpc) is 2.09. The molecule has 0 fully saturated rings. The molecule has 0 aliphatic rings. The molecular formula is C13H24. The van der Waals surface area contributed by atoms with Crippen molar-refractivity contribution in [3.63, 3.8) is 0 Å². The second kappa shape index (κ2) is 9.57. The minimum Gasteiger partial charge on any atom is -0.0885 e. The van der Waals surface area contributed by atoms with Crippen LogP contribution in [0.25, 0.3) is 0 Å². The van der Waals surface area contributed by atoms with Crippen molar-refractivity contribution in [2.75, 3.05) is 0 Å². The molecule has 13 heavy (non-hydrogen) atoms. The van der Waals surface area contributed by atoms with E-state index in [1.807, 2.05) is 0 Å². The molecule has 0 saturated heterocycles. The van der Waals surface area contributed by atoms with E-state index in [-0.39, 0.29) is 0 Å². The first-order valence-electron chi connectivity index (χ1n) is 5.57. The molecule has 0 aromatic carbocycles. The Morgan fingerprint density at radius 2 is 1.69 bits per heavy atom. The van der Waals surface area contributed by atoms with Gasteiger partial charge >= 0.3 is 0 Å². The summed E-state index contributed by atoms with van der Waals surface area (Å²) in [5.41, 5.74) is 0. The fraction of sp³-hybridized carbons (Fsp3) is 0.692. The maximum absolute atomic E-state index is 2.31. The fourth-order valence-electron chi connectivity index (χ4n) is 1.20. The summed E-state index contributed by atoms with van der Waals surface area (Å²) in [5, 5.41) is 0. The van der Waals surface area contributed by atoms with E-state index in [1.165, 1.54) is 19.3 Å². The highest BCUT2D eigenvalue weighted by molar-refractivity contribution is 4.92. The molecule has 0 amide bonds. The van der Waals surface area contributed by atoms with Crippen LogP contribution in [0.1, 0.15) is 52.9 Å². The summed E-state index contributed by atoms with van der Waals surface area (Å²) in [7, 11) is 0.